The zero-order valence-corrected chi connectivity index (χ0v) is 28.9. The van der Waals surface area contributed by atoms with Crippen molar-refractivity contribution in [3.63, 3.8) is 0 Å². The van der Waals surface area contributed by atoms with E-state index in [-0.39, 0.29) is 5.41 Å². The smallest absolute Gasteiger partial charge is 0.0540 e. The van der Waals surface area contributed by atoms with Gasteiger partial charge in [-0.2, -0.15) is 0 Å². The van der Waals surface area contributed by atoms with Gasteiger partial charge in [0.05, 0.1) is 5.69 Å². The number of rotatable bonds is 6. The lowest BCUT2D eigenvalue weighted by Gasteiger charge is -2.57. The van der Waals surface area contributed by atoms with Gasteiger partial charge in [0.1, 0.15) is 0 Å². The van der Waals surface area contributed by atoms with Crippen LogP contribution in [0.3, 0.4) is 0 Å². The Hall–Kier alpha value is -4.62. The van der Waals surface area contributed by atoms with Gasteiger partial charge in [0.15, 0.2) is 0 Å². The van der Waals surface area contributed by atoms with Crippen molar-refractivity contribution in [2.75, 3.05) is 4.90 Å². The molecule has 0 radical (unpaired) electrons. The number of anilines is 3. The molecule has 2 bridgehead atoms. The number of hydrogen-bond donors (Lipinski definition) is 0. The van der Waals surface area contributed by atoms with E-state index >= 15 is 0 Å². The number of fused-ring (bicyclic) bond motifs is 8. The second-order valence-electron chi connectivity index (χ2n) is 15.4. The summed E-state index contributed by atoms with van der Waals surface area (Å²) < 4.78 is 0. The van der Waals surface area contributed by atoms with Crippen LogP contribution in [0.15, 0.2) is 152 Å². The van der Waals surface area contributed by atoms with Crippen molar-refractivity contribution >= 4 is 17.1 Å². The van der Waals surface area contributed by atoms with Crippen molar-refractivity contribution in [1.82, 2.24) is 0 Å². The molecule has 244 valence electrons. The van der Waals surface area contributed by atoms with Crippen molar-refractivity contribution < 1.29 is 0 Å². The van der Waals surface area contributed by atoms with Gasteiger partial charge in [-0.1, -0.05) is 142 Å². The molecule has 2 fully saturated rings. The maximum absolute atomic E-state index is 2.66. The van der Waals surface area contributed by atoms with E-state index in [2.05, 4.69) is 170 Å². The predicted molar refractivity (Wildman–Crippen MR) is 207 cm³/mol. The summed E-state index contributed by atoms with van der Waals surface area (Å²) >= 11 is 0. The summed E-state index contributed by atoms with van der Waals surface area (Å²) in [7, 11) is 0. The molecular formula is C48H47N. The molecule has 5 aromatic rings. The maximum atomic E-state index is 2.66. The molecule has 49 heavy (non-hydrogen) atoms. The van der Waals surface area contributed by atoms with Crippen molar-refractivity contribution in [3.05, 3.63) is 163 Å². The lowest BCUT2D eigenvalue weighted by Crippen LogP contribution is -2.53. The number of para-hydroxylation sites is 1. The van der Waals surface area contributed by atoms with E-state index in [9.17, 15) is 0 Å². The minimum Gasteiger partial charge on any atom is -0.310 e. The average Bonchev–Trinajstić information content (AvgIpc) is 3.45. The van der Waals surface area contributed by atoms with E-state index in [1.807, 2.05) is 0 Å². The fourth-order valence-electron chi connectivity index (χ4n) is 11.0. The second-order valence-corrected chi connectivity index (χ2v) is 15.4. The van der Waals surface area contributed by atoms with Crippen LogP contribution < -0.4 is 4.90 Å². The predicted octanol–water partition coefficient (Wildman–Crippen LogP) is 13.0. The highest BCUT2D eigenvalue weighted by atomic mass is 15.1. The average molecular weight is 638 g/mol. The summed E-state index contributed by atoms with van der Waals surface area (Å²) in [6, 6.07) is 47.4. The van der Waals surface area contributed by atoms with Gasteiger partial charge in [-0.05, 0) is 113 Å². The third kappa shape index (κ3) is 4.96. The van der Waals surface area contributed by atoms with E-state index in [1.54, 1.807) is 11.1 Å². The fraction of sp³-hybridized carbons (Fsp3) is 0.292. The van der Waals surface area contributed by atoms with Gasteiger partial charge in [-0.25, -0.2) is 0 Å². The Labute approximate surface area is 293 Å². The zero-order chi connectivity index (χ0) is 33.0. The molecule has 5 aromatic carbocycles. The van der Waals surface area contributed by atoms with Crippen molar-refractivity contribution in [2.45, 2.75) is 57.3 Å². The van der Waals surface area contributed by atoms with Crippen LogP contribution in [0.25, 0.3) is 22.3 Å². The van der Waals surface area contributed by atoms with E-state index in [0.29, 0.717) is 17.8 Å². The first-order valence-electron chi connectivity index (χ1n) is 18.7. The minimum atomic E-state index is 0.180. The number of hydrogen-bond acceptors (Lipinski definition) is 1. The van der Waals surface area contributed by atoms with E-state index in [1.165, 1.54) is 71.4 Å². The molecule has 4 aliphatic carbocycles. The van der Waals surface area contributed by atoms with Crippen LogP contribution in [0.1, 0.15) is 63.0 Å². The Morgan fingerprint density at radius 1 is 0.633 bits per heavy atom. The number of nitrogens with zero attached hydrogens (tertiary/aromatic N) is 1. The lowest BCUT2D eigenvalue weighted by molar-refractivity contribution is -0.0125. The van der Waals surface area contributed by atoms with Gasteiger partial charge in [0, 0.05) is 28.3 Å². The second kappa shape index (κ2) is 12.4. The molecule has 1 nitrogen and oxygen atoms in total. The Morgan fingerprint density at radius 2 is 1.31 bits per heavy atom. The molecule has 2 saturated carbocycles. The summed E-state index contributed by atoms with van der Waals surface area (Å²) in [6.07, 6.45) is 16.6. The molecule has 4 aliphatic rings. The highest BCUT2D eigenvalue weighted by molar-refractivity contribution is 5.89. The first-order valence-corrected chi connectivity index (χ1v) is 18.7. The SMILES string of the molecule is CC[C@@H]1C[C@@H]2CC(C)C[C@@H](C2)C12c1cc(N(c3ccc(-c4ccccc4)cc3)c3ccccc3-c3ccccc3)ccc1C1C=CC=CC12. The Morgan fingerprint density at radius 3 is 2.08 bits per heavy atom. The molecule has 1 heteroatoms. The Kier molecular flexibility index (Phi) is 7.68. The number of benzene rings is 5. The molecule has 1 spiro atoms. The van der Waals surface area contributed by atoms with Crippen LogP contribution >= 0.6 is 0 Å². The van der Waals surface area contributed by atoms with Crippen molar-refractivity contribution in [1.29, 1.82) is 0 Å². The third-order valence-electron chi connectivity index (χ3n) is 12.8. The molecule has 0 aliphatic heterocycles. The highest BCUT2D eigenvalue weighted by Gasteiger charge is 2.61. The molecule has 0 amide bonds. The van der Waals surface area contributed by atoms with Gasteiger partial charge in [0.2, 0.25) is 0 Å². The van der Waals surface area contributed by atoms with Crippen LogP contribution in [0.4, 0.5) is 17.1 Å². The fourth-order valence-corrected chi connectivity index (χ4v) is 11.0. The van der Waals surface area contributed by atoms with Gasteiger partial charge >= 0.3 is 0 Å². The van der Waals surface area contributed by atoms with Crippen LogP contribution in [-0.4, -0.2) is 0 Å². The quantitative estimate of drug-likeness (QED) is 0.179. The van der Waals surface area contributed by atoms with Crippen LogP contribution in [0, 0.1) is 29.6 Å². The van der Waals surface area contributed by atoms with Gasteiger partial charge in [-0.15, -0.1) is 0 Å². The van der Waals surface area contributed by atoms with E-state index < -0.39 is 0 Å². The molecule has 4 unspecified atom stereocenters. The molecule has 7 atom stereocenters. The standard InChI is InChI=1S/C48H47N/c1-3-38-30-34-28-33(2)29-39(31-34)48(38)45-20-12-10-19-43(45)44-27-26-41(32-46(44)48)49(40-24-22-36(23-25-40)35-14-6-4-7-15-35)47-21-13-11-18-42(47)37-16-8-5-9-17-37/h4-27,32-34,38-39,43,45H,3,28-31H2,1-2H3/t33?,34-,38+,39-,43?,45?,48?/m0/s1. The summed E-state index contributed by atoms with van der Waals surface area (Å²) in [5.74, 6) is 4.14. The van der Waals surface area contributed by atoms with Crippen molar-refractivity contribution in [2.24, 2.45) is 29.6 Å². The molecule has 0 aromatic heterocycles. The topological polar surface area (TPSA) is 3.24 Å². The monoisotopic (exact) mass is 637 g/mol. The molecular weight excluding hydrogens is 591 g/mol. The lowest BCUT2D eigenvalue weighted by atomic mass is 9.46. The molecule has 9 rings (SSSR count). The molecule has 0 N–H and O–H groups in total. The molecule has 0 heterocycles. The zero-order valence-electron chi connectivity index (χ0n) is 28.9. The van der Waals surface area contributed by atoms with Crippen molar-refractivity contribution in [3.8, 4) is 22.3 Å². The van der Waals surface area contributed by atoms with E-state index in [0.717, 1.165) is 17.8 Å². The minimum absolute atomic E-state index is 0.180. The summed E-state index contributed by atoms with van der Waals surface area (Å²) in [5.41, 5.74) is 12.0. The summed E-state index contributed by atoms with van der Waals surface area (Å²) in [6.45, 7) is 5.01. The van der Waals surface area contributed by atoms with Crippen LogP contribution in [-0.2, 0) is 5.41 Å². The Balaban J connectivity index is 1.25. The first kappa shape index (κ1) is 30.4. The summed E-state index contributed by atoms with van der Waals surface area (Å²) in [5, 5.41) is 0. The number of allylic oxidation sites excluding steroid dienone is 4. The van der Waals surface area contributed by atoms with Gasteiger partial charge < -0.3 is 4.90 Å². The first-order chi connectivity index (χ1) is 24.1. The maximum Gasteiger partial charge on any atom is 0.0540 e. The normalized spacial score (nSPS) is 27.9. The largest absolute Gasteiger partial charge is 0.310 e. The highest BCUT2D eigenvalue weighted by Crippen LogP contribution is 2.67. The van der Waals surface area contributed by atoms with E-state index in [4.69, 9.17) is 0 Å². The van der Waals surface area contributed by atoms with Crippen LogP contribution in [0.5, 0.6) is 0 Å². The van der Waals surface area contributed by atoms with Gasteiger partial charge in [0.25, 0.3) is 0 Å². The summed E-state index contributed by atoms with van der Waals surface area (Å²) in [4.78, 5) is 2.54. The Bertz CT molecular complexity index is 2000. The molecule has 0 saturated heterocycles. The van der Waals surface area contributed by atoms with Gasteiger partial charge in [-0.3, -0.25) is 0 Å². The van der Waals surface area contributed by atoms with Crippen LogP contribution in [0.2, 0.25) is 0 Å². The third-order valence-corrected chi connectivity index (χ3v) is 12.8.